The minimum absolute atomic E-state index is 0.609. The Kier molecular flexibility index (Phi) is 7.29. The first-order valence-corrected chi connectivity index (χ1v) is 9.68. The molecule has 0 radical (unpaired) electrons. The lowest BCUT2D eigenvalue weighted by Crippen LogP contribution is -2.25. The molecule has 21 heavy (non-hydrogen) atoms. The van der Waals surface area contributed by atoms with E-state index in [-0.39, 0.29) is 0 Å². The Balaban J connectivity index is 2.03. The van der Waals surface area contributed by atoms with E-state index in [9.17, 15) is 0 Å². The lowest BCUT2D eigenvalue weighted by atomic mass is 10.2. The van der Waals surface area contributed by atoms with E-state index in [1.165, 1.54) is 27.9 Å². The van der Waals surface area contributed by atoms with Gasteiger partial charge in [0.25, 0.3) is 0 Å². The number of thiazole rings is 1. The molecule has 1 fully saturated rings. The maximum atomic E-state index is 5.32. The summed E-state index contributed by atoms with van der Waals surface area (Å²) in [4.78, 5) is 8.60. The summed E-state index contributed by atoms with van der Waals surface area (Å²) in [5, 5.41) is 4.69. The van der Waals surface area contributed by atoms with Crippen molar-refractivity contribution < 1.29 is 4.74 Å². The van der Waals surface area contributed by atoms with Gasteiger partial charge in [-0.05, 0) is 24.6 Å². The molecule has 0 aliphatic carbocycles. The van der Waals surface area contributed by atoms with E-state index in [1.807, 2.05) is 11.3 Å². The smallest absolute Gasteiger partial charge is 0.185 e. The number of nitrogens with zero attached hydrogens (tertiary/aromatic N) is 2. The van der Waals surface area contributed by atoms with Crippen LogP contribution in [0, 0.1) is 5.92 Å². The van der Waals surface area contributed by atoms with Crippen LogP contribution in [0.25, 0.3) is 0 Å². The molecule has 1 aromatic heterocycles. The van der Waals surface area contributed by atoms with Gasteiger partial charge in [0, 0.05) is 37.4 Å². The van der Waals surface area contributed by atoms with Crippen LogP contribution in [0.15, 0.2) is 0 Å². The molecule has 1 aliphatic heterocycles. The molecule has 2 rings (SSSR count). The van der Waals surface area contributed by atoms with E-state index in [4.69, 9.17) is 9.72 Å². The highest BCUT2D eigenvalue weighted by Crippen LogP contribution is 2.28. The van der Waals surface area contributed by atoms with Crippen molar-refractivity contribution in [2.45, 2.75) is 33.4 Å². The molecule has 0 unspecified atom stereocenters. The molecule has 2 heterocycles. The molecule has 0 aromatic carbocycles. The van der Waals surface area contributed by atoms with E-state index in [2.05, 4.69) is 35.8 Å². The molecule has 1 N–H and O–H groups in total. The third kappa shape index (κ3) is 5.43. The summed E-state index contributed by atoms with van der Waals surface area (Å²) in [6.45, 7) is 9.26. The molecule has 0 bridgehead atoms. The number of hydrogen-bond donors (Lipinski definition) is 1. The van der Waals surface area contributed by atoms with Crippen molar-refractivity contribution in [3.63, 3.8) is 0 Å². The van der Waals surface area contributed by atoms with Gasteiger partial charge in [0.2, 0.25) is 0 Å². The van der Waals surface area contributed by atoms with Crippen molar-refractivity contribution in [2.24, 2.45) is 5.92 Å². The van der Waals surface area contributed by atoms with Crippen molar-refractivity contribution in [1.82, 2.24) is 10.3 Å². The standard InChI is InChI=1S/C15H27N3OS2/c1-12(2)9-16-10-14-13(11-19-3)17-15(21-14)18-5-4-7-20-8-6-18/h12,16H,4-11H2,1-3H3. The number of rotatable bonds is 7. The normalized spacial score (nSPS) is 16.5. The first-order valence-electron chi connectivity index (χ1n) is 7.71. The molecule has 0 atom stereocenters. The zero-order valence-electron chi connectivity index (χ0n) is 13.4. The largest absolute Gasteiger partial charge is 0.378 e. The van der Waals surface area contributed by atoms with Crippen LogP contribution in [0.1, 0.15) is 30.8 Å². The van der Waals surface area contributed by atoms with Crippen LogP contribution < -0.4 is 10.2 Å². The van der Waals surface area contributed by atoms with Gasteiger partial charge in [0.15, 0.2) is 5.13 Å². The average Bonchev–Trinajstić information content (AvgIpc) is 2.68. The van der Waals surface area contributed by atoms with Crippen LogP contribution in [0.5, 0.6) is 0 Å². The number of anilines is 1. The fourth-order valence-electron chi connectivity index (χ4n) is 2.30. The van der Waals surface area contributed by atoms with Gasteiger partial charge in [-0.3, -0.25) is 0 Å². The lowest BCUT2D eigenvalue weighted by molar-refractivity contribution is 0.181. The molecule has 1 saturated heterocycles. The van der Waals surface area contributed by atoms with Crippen LogP contribution in [0.4, 0.5) is 5.13 Å². The van der Waals surface area contributed by atoms with E-state index in [1.54, 1.807) is 7.11 Å². The highest BCUT2D eigenvalue weighted by atomic mass is 32.2. The van der Waals surface area contributed by atoms with Gasteiger partial charge < -0.3 is 15.0 Å². The van der Waals surface area contributed by atoms with Gasteiger partial charge in [-0.1, -0.05) is 13.8 Å². The minimum atomic E-state index is 0.609. The van der Waals surface area contributed by atoms with Crippen molar-refractivity contribution >= 4 is 28.2 Å². The molecule has 120 valence electrons. The molecule has 0 spiro atoms. The molecule has 0 amide bonds. The molecule has 6 heteroatoms. The second-order valence-electron chi connectivity index (χ2n) is 5.78. The summed E-state index contributed by atoms with van der Waals surface area (Å²) in [6, 6.07) is 0. The summed E-state index contributed by atoms with van der Waals surface area (Å²) in [5.41, 5.74) is 1.10. The number of hydrogen-bond acceptors (Lipinski definition) is 6. The Bertz CT molecular complexity index is 415. The molecule has 0 saturated carbocycles. The maximum Gasteiger partial charge on any atom is 0.185 e. The topological polar surface area (TPSA) is 37.4 Å². The first kappa shape index (κ1) is 17.1. The summed E-state index contributed by atoms with van der Waals surface area (Å²) < 4.78 is 5.32. The molecule has 1 aromatic rings. The summed E-state index contributed by atoms with van der Waals surface area (Å²) in [6.07, 6.45) is 1.25. The molecule has 1 aliphatic rings. The van der Waals surface area contributed by atoms with E-state index in [0.717, 1.165) is 31.9 Å². The fraction of sp³-hybridized carbons (Fsp3) is 0.800. The maximum absolute atomic E-state index is 5.32. The highest BCUT2D eigenvalue weighted by Gasteiger charge is 2.17. The Morgan fingerprint density at radius 2 is 2.19 bits per heavy atom. The summed E-state index contributed by atoms with van der Waals surface area (Å²) >= 11 is 3.88. The second-order valence-corrected chi connectivity index (χ2v) is 8.06. The third-order valence-electron chi connectivity index (χ3n) is 3.38. The second kappa shape index (κ2) is 8.98. The van der Waals surface area contributed by atoms with Crippen LogP contribution in [0.3, 0.4) is 0 Å². The van der Waals surface area contributed by atoms with Crippen molar-refractivity contribution in [2.75, 3.05) is 43.1 Å². The average molecular weight is 330 g/mol. The number of aromatic nitrogens is 1. The zero-order chi connectivity index (χ0) is 15.1. The third-order valence-corrected chi connectivity index (χ3v) is 5.59. The quantitative estimate of drug-likeness (QED) is 0.832. The van der Waals surface area contributed by atoms with Gasteiger partial charge in [0.05, 0.1) is 12.3 Å². The van der Waals surface area contributed by atoms with E-state index < -0.39 is 0 Å². The van der Waals surface area contributed by atoms with Gasteiger partial charge in [-0.15, -0.1) is 11.3 Å². The Morgan fingerprint density at radius 3 is 2.95 bits per heavy atom. The SMILES string of the molecule is COCc1nc(N2CCCSCC2)sc1CNCC(C)C. The fourth-order valence-corrected chi connectivity index (χ4v) is 4.28. The number of ether oxygens (including phenoxy) is 1. The van der Waals surface area contributed by atoms with Gasteiger partial charge >= 0.3 is 0 Å². The summed E-state index contributed by atoms with van der Waals surface area (Å²) in [5.74, 6) is 3.15. The van der Waals surface area contributed by atoms with Crippen LogP contribution in [-0.4, -0.2) is 43.2 Å². The Morgan fingerprint density at radius 1 is 1.33 bits per heavy atom. The molecular formula is C15H27N3OS2. The van der Waals surface area contributed by atoms with E-state index in [0.29, 0.717) is 12.5 Å². The number of nitrogens with one attached hydrogen (secondary N) is 1. The van der Waals surface area contributed by atoms with Crippen LogP contribution in [0.2, 0.25) is 0 Å². The minimum Gasteiger partial charge on any atom is -0.378 e. The summed E-state index contributed by atoms with van der Waals surface area (Å²) in [7, 11) is 1.74. The lowest BCUT2D eigenvalue weighted by Gasteiger charge is -2.18. The molecular weight excluding hydrogens is 302 g/mol. The predicted molar refractivity (Wildman–Crippen MR) is 93.5 cm³/mol. The van der Waals surface area contributed by atoms with Gasteiger partial charge in [-0.2, -0.15) is 11.8 Å². The first-order chi connectivity index (χ1) is 10.2. The Labute approximate surface area is 136 Å². The predicted octanol–water partition coefficient (Wildman–Crippen LogP) is 2.98. The number of thioether (sulfide) groups is 1. The van der Waals surface area contributed by atoms with Gasteiger partial charge in [0.1, 0.15) is 0 Å². The van der Waals surface area contributed by atoms with Crippen LogP contribution in [-0.2, 0) is 17.9 Å². The monoisotopic (exact) mass is 329 g/mol. The molecule has 4 nitrogen and oxygen atoms in total. The van der Waals surface area contributed by atoms with Crippen molar-refractivity contribution in [3.05, 3.63) is 10.6 Å². The number of methoxy groups -OCH3 is 1. The zero-order valence-corrected chi connectivity index (χ0v) is 15.0. The highest BCUT2D eigenvalue weighted by molar-refractivity contribution is 7.99. The van der Waals surface area contributed by atoms with Crippen LogP contribution >= 0.6 is 23.1 Å². The van der Waals surface area contributed by atoms with Gasteiger partial charge in [-0.25, -0.2) is 4.98 Å². The van der Waals surface area contributed by atoms with Crippen molar-refractivity contribution in [3.8, 4) is 0 Å². The van der Waals surface area contributed by atoms with Crippen molar-refractivity contribution in [1.29, 1.82) is 0 Å². The van der Waals surface area contributed by atoms with E-state index >= 15 is 0 Å². The Hall–Kier alpha value is -0.300.